The molecule has 2 aliphatic heterocycles. The van der Waals surface area contributed by atoms with Crippen LogP contribution in [0.15, 0.2) is 35.3 Å². The number of nitrogens with one attached hydrogen (secondary N) is 1. The summed E-state index contributed by atoms with van der Waals surface area (Å²) in [4.78, 5) is 16.0. The molecule has 0 bridgehead atoms. The molecule has 1 N–H and O–H groups in total. The number of hydrogen-bond acceptors (Lipinski definition) is 4. The number of ketones is 1. The molecule has 1 aliphatic carbocycles. The molecular formula is C15H14F3N3O. The SMILES string of the molecule is O=C(C1=NC2[C@@H](F)C[C@@H](c3ccccc3)N2N1)[C@H]1CC1(F)F. The number of halogens is 3. The van der Waals surface area contributed by atoms with Gasteiger partial charge in [0.25, 0.3) is 5.92 Å². The number of benzene rings is 1. The molecule has 0 spiro atoms. The van der Waals surface area contributed by atoms with E-state index < -0.39 is 36.4 Å². The Hall–Kier alpha value is -1.89. The number of hydrogen-bond donors (Lipinski definition) is 1. The lowest BCUT2D eigenvalue weighted by Gasteiger charge is -2.23. The van der Waals surface area contributed by atoms with Crippen LogP contribution in [0.4, 0.5) is 13.2 Å². The van der Waals surface area contributed by atoms with Crippen molar-refractivity contribution >= 4 is 11.6 Å². The molecule has 3 aliphatic rings. The maximum Gasteiger partial charge on any atom is 0.259 e. The van der Waals surface area contributed by atoms with Crippen molar-refractivity contribution in [3.63, 3.8) is 0 Å². The Morgan fingerprint density at radius 3 is 2.64 bits per heavy atom. The van der Waals surface area contributed by atoms with Crippen molar-refractivity contribution in [3.05, 3.63) is 35.9 Å². The summed E-state index contributed by atoms with van der Waals surface area (Å²) in [6, 6.07) is 9.04. The fraction of sp³-hybridized carbons (Fsp3) is 0.467. The fourth-order valence-electron chi connectivity index (χ4n) is 3.13. The third-order valence-electron chi connectivity index (χ3n) is 4.45. The van der Waals surface area contributed by atoms with Gasteiger partial charge in [0.2, 0.25) is 5.78 Å². The van der Waals surface area contributed by atoms with Gasteiger partial charge in [0, 0.05) is 12.8 Å². The fourth-order valence-corrected chi connectivity index (χ4v) is 3.13. The molecule has 1 saturated carbocycles. The molecule has 4 rings (SSSR count). The average molecular weight is 309 g/mol. The van der Waals surface area contributed by atoms with Crippen LogP contribution in [0.1, 0.15) is 24.4 Å². The molecule has 116 valence electrons. The Labute approximate surface area is 125 Å². The summed E-state index contributed by atoms with van der Waals surface area (Å²) in [6.07, 6.45) is -2.25. The average Bonchev–Trinajstić information content (AvgIpc) is 2.87. The minimum absolute atomic E-state index is 0.143. The largest absolute Gasteiger partial charge is 0.298 e. The van der Waals surface area contributed by atoms with Crippen LogP contribution in [0.25, 0.3) is 0 Å². The highest BCUT2D eigenvalue weighted by atomic mass is 19.3. The zero-order valence-electron chi connectivity index (χ0n) is 11.5. The molecule has 1 aromatic rings. The van der Waals surface area contributed by atoms with E-state index in [1.807, 2.05) is 30.3 Å². The summed E-state index contributed by atoms with van der Waals surface area (Å²) in [7, 11) is 0. The van der Waals surface area contributed by atoms with Crippen LogP contribution in [-0.2, 0) is 4.79 Å². The zero-order chi connectivity index (χ0) is 15.5. The first kappa shape index (κ1) is 13.8. The molecule has 1 saturated heterocycles. The summed E-state index contributed by atoms with van der Waals surface area (Å²) in [6.45, 7) is 0. The minimum atomic E-state index is -2.94. The predicted molar refractivity (Wildman–Crippen MR) is 73.0 cm³/mol. The molecule has 1 unspecified atom stereocenters. The van der Waals surface area contributed by atoms with Crippen molar-refractivity contribution < 1.29 is 18.0 Å². The Morgan fingerprint density at radius 1 is 1.32 bits per heavy atom. The van der Waals surface area contributed by atoms with Crippen LogP contribution in [0.5, 0.6) is 0 Å². The van der Waals surface area contributed by atoms with Gasteiger partial charge in [-0.1, -0.05) is 30.3 Å². The lowest BCUT2D eigenvalue weighted by molar-refractivity contribution is -0.116. The van der Waals surface area contributed by atoms with Crippen LogP contribution in [0, 0.1) is 5.92 Å². The zero-order valence-corrected chi connectivity index (χ0v) is 11.5. The number of alkyl halides is 3. The van der Waals surface area contributed by atoms with Gasteiger partial charge >= 0.3 is 0 Å². The number of fused-ring (bicyclic) bond motifs is 1. The highest BCUT2D eigenvalue weighted by Gasteiger charge is 2.63. The highest BCUT2D eigenvalue weighted by Crippen LogP contribution is 2.49. The summed E-state index contributed by atoms with van der Waals surface area (Å²) in [5.41, 5.74) is 3.65. The lowest BCUT2D eigenvalue weighted by Crippen LogP contribution is -2.42. The van der Waals surface area contributed by atoms with E-state index in [4.69, 9.17) is 0 Å². The molecule has 4 nitrogen and oxygen atoms in total. The Balaban J connectivity index is 1.55. The number of aliphatic imine (C=N–C) groups is 1. The molecule has 4 atom stereocenters. The predicted octanol–water partition coefficient (Wildman–Crippen LogP) is 2.24. The summed E-state index contributed by atoms with van der Waals surface area (Å²) in [5, 5.41) is 1.56. The molecule has 0 aromatic heterocycles. The summed E-state index contributed by atoms with van der Waals surface area (Å²) < 4.78 is 40.2. The number of rotatable bonds is 3. The van der Waals surface area contributed by atoms with Crippen molar-refractivity contribution in [2.75, 3.05) is 0 Å². The van der Waals surface area contributed by atoms with Crippen molar-refractivity contribution in [3.8, 4) is 0 Å². The number of nitrogens with zero attached hydrogens (tertiary/aromatic N) is 2. The second-order valence-electron chi connectivity index (χ2n) is 5.97. The highest BCUT2D eigenvalue weighted by molar-refractivity contribution is 6.40. The van der Waals surface area contributed by atoms with Gasteiger partial charge in [0.15, 0.2) is 12.0 Å². The molecule has 2 heterocycles. The maximum absolute atomic E-state index is 14.2. The van der Waals surface area contributed by atoms with Crippen molar-refractivity contribution in [1.82, 2.24) is 10.4 Å². The number of amidine groups is 1. The first-order chi connectivity index (χ1) is 10.5. The molecule has 1 aromatic carbocycles. The molecular weight excluding hydrogens is 295 g/mol. The van der Waals surface area contributed by atoms with Gasteiger partial charge in [-0.15, -0.1) is 0 Å². The normalized spacial score (nSPS) is 35.7. The van der Waals surface area contributed by atoms with E-state index in [1.54, 1.807) is 5.01 Å². The van der Waals surface area contributed by atoms with E-state index in [0.29, 0.717) is 0 Å². The van der Waals surface area contributed by atoms with E-state index >= 15 is 0 Å². The van der Waals surface area contributed by atoms with Crippen LogP contribution in [0.2, 0.25) is 0 Å². The first-order valence-corrected chi connectivity index (χ1v) is 7.21. The number of hydrazine groups is 1. The molecule has 7 heteroatoms. The number of carbonyl (C=O) groups is 1. The van der Waals surface area contributed by atoms with Crippen LogP contribution in [-0.4, -0.2) is 34.9 Å². The second kappa shape index (κ2) is 4.55. The standard InChI is InChI=1S/C15H14F3N3O/c16-10-6-11(8-4-2-1-3-5-8)21-14(10)19-13(20-21)12(22)9-7-15(9,17)18/h1-5,9-11,14H,6-7H2,(H,19,20)/t9-,10+,11+,14?/m1/s1. The topological polar surface area (TPSA) is 44.7 Å². The van der Waals surface area contributed by atoms with Crippen molar-refractivity contribution in [2.24, 2.45) is 10.9 Å². The van der Waals surface area contributed by atoms with E-state index in [2.05, 4.69) is 10.4 Å². The van der Waals surface area contributed by atoms with Crippen molar-refractivity contribution in [1.29, 1.82) is 0 Å². The van der Waals surface area contributed by atoms with Gasteiger partial charge in [-0.05, 0) is 5.56 Å². The Bertz CT molecular complexity index is 649. The van der Waals surface area contributed by atoms with Gasteiger partial charge in [-0.2, -0.15) is 5.01 Å². The smallest absolute Gasteiger partial charge is 0.259 e. The number of carbonyl (C=O) groups excluding carboxylic acids is 1. The minimum Gasteiger partial charge on any atom is -0.298 e. The monoisotopic (exact) mass is 309 g/mol. The van der Waals surface area contributed by atoms with Crippen LogP contribution >= 0.6 is 0 Å². The first-order valence-electron chi connectivity index (χ1n) is 7.21. The van der Waals surface area contributed by atoms with E-state index in [-0.39, 0.29) is 18.3 Å². The quantitative estimate of drug-likeness (QED) is 0.931. The van der Waals surface area contributed by atoms with E-state index in [1.165, 1.54) is 0 Å². The lowest BCUT2D eigenvalue weighted by atomic mass is 10.0. The summed E-state index contributed by atoms with van der Waals surface area (Å²) >= 11 is 0. The third kappa shape index (κ3) is 2.03. The number of Topliss-reactive ketones (excluding diaryl/α,β-unsaturated/α-hetero) is 1. The molecule has 0 radical (unpaired) electrons. The summed E-state index contributed by atoms with van der Waals surface area (Å²) in [5.74, 6) is -5.12. The molecule has 2 fully saturated rings. The van der Waals surface area contributed by atoms with Gasteiger partial charge < -0.3 is 0 Å². The Morgan fingerprint density at radius 2 is 2.00 bits per heavy atom. The van der Waals surface area contributed by atoms with E-state index in [9.17, 15) is 18.0 Å². The van der Waals surface area contributed by atoms with E-state index in [0.717, 1.165) is 5.56 Å². The molecule has 22 heavy (non-hydrogen) atoms. The van der Waals surface area contributed by atoms with Crippen molar-refractivity contribution in [2.45, 2.75) is 37.1 Å². The van der Waals surface area contributed by atoms with Gasteiger partial charge in [0.1, 0.15) is 6.17 Å². The second-order valence-corrected chi connectivity index (χ2v) is 5.97. The third-order valence-corrected chi connectivity index (χ3v) is 4.45. The van der Waals surface area contributed by atoms with Crippen LogP contribution in [0.3, 0.4) is 0 Å². The van der Waals surface area contributed by atoms with Crippen LogP contribution < -0.4 is 5.43 Å². The van der Waals surface area contributed by atoms with Gasteiger partial charge in [-0.3, -0.25) is 10.2 Å². The molecule has 0 amide bonds. The van der Waals surface area contributed by atoms with Gasteiger partial charge in [-0.25, -0.2) is 18.2 Å². The van der Waals surface area contributed by atoms with Gasteiger partial charge in [0.05, 0.1) is 12.0 Å². The Kier molecular flexibility index (Phi) is 2.84. The maximum atomic E-state index is 14.2.